The van der Waals surface area contributed by atoms with Crippen LogP contribution in [-0.4, -0.2) is 38.0 Å². The highest BCUT2D eigenvalue weighted by atomic mass is 35.5. The number of hydrogen-bond donors (Lipinski definition) is 1. The fourth-order valence-corrected chi connectivity index (χ4v) is 2.44. The van der Waals surface area contributed by atoms with E-state index in [4.69, 9.17) is 16.3 Å². The number of aromatic nitrogens is 5. The van der Waals surface area contributed by atoms with Crippen molar-refractivity contribution in [3.8, 4) is 5.69 Å². The Hall–Kier alpha value is -2.91. The van der Waals surface area contributed by atoms with Gasteiger partial charge in [-0.25, -0.2) is 19.0 Å². The Morgan fingerprint density at radius 2 is 2.15 bits per heavy atom. The Morgan fingerprint density at radius 1 is 1.35 bits per heavy atom. The summed E-state index contributed by atoms with van der Waals surface area (Å²) in [4.78, 5) is 20.5. The van der Waals surface area contributed by atoms with Gasteiger partial charge in [-0.05, 0) is 25.1 Å². The molecule has 3 rings (SSSR count). The molecule has 0 radical (unpaired) electrons. The van der Waals surface area contributed by atoms with Crippen molar-refractivity contribution in [2.75, 3.05) is 12.4 Å². The first kappa shape index (κ1) is 17.9. The molecule has 0 bridgehead atoms. The molecule has 0 atom stereocenters. The maximum Gasteiger partial charge on any atom is 0.279 e. The predicted molar refractivity (Wildman–Crippen MR) is 91.8 cm³/mol. The Balaban J connectivity index is 1.84. The standard InChI is InChI=1S/C16H14ClFN6O2/c1-9-15(16(25)21-14-5-10(7-26-2)19-8-20-14)22-23-24(9)11-3-4-13(18)12(17)6-11/h3-6,8H,7H2,1-2H3,(H,19,20,21,25). The summed E-state index contributed by atoms with van der Waals surface area (Å²) in [5.41, 5.74) is 1.69. The molecule has 134 valence electrons. The van der Waals surface area contributed by atoms with Crippen molar-refractivity contribution in [3.05, 3.63) is 58.5 Å². The first-order valence-corrected chi connectivity index (χ1v) is 7.86. The molecule has 3 aromatic rings. The third-order valence-corrected chi connectivity index (χ3v) is 3.80. The molecule has 26 heavy (non-hydrogen) atoms. The molecule has 0 aliphatic heterocycles. The topological polar surface area (TPSA) is 94.8 Å². The quantitative estimate of drug-likeness (QED) is 0.735. The van der Waals surface area contributed by atoms with Gasteiger partial charge in [0.25, 0.3) is 5.91 Å². The third kappa shape index (κ3) is 3.68. The maximum atomic E-state index is 13.3. The van der Waals surface area contributed by atoms with Gasteiger partial charge in [0.05, 0.1) is 28.7 Å². The molecule has 0 spiro atoms. The summed E-state index contributed by atoms with van der Waals surface area (Å²) in [6, 6.07) is 5.71. The lowest BCUT2D eigenvalue weighted by atomic mass is 10.2. The number of benzene rings is 1. The maximum absolute atomic E-state index is 13.3. The second-order valence-corrected chi connectivity index (χ2v) is 5.72. The summed E-state index contributed by atoms with van der Waals surface area (Å²) in [5, 5.41) is 10.4. The Labute approximate surface area is 153 Å². The highest BCUT2D eigenvalue weighted by Crippen LogP contribution is 2.20. The molecule has 1 aromatic carbocycles. The SMILES string of the molecule is COCc1cc(NC(=O)c2nnn(-c3ccc(F)c(Cl)c3)c2C)ncn1. The predicted octanol–water partition coefficient (Wildman–Crippen LogP) is 2.56. The van der Waals surface area contributed by atoms with E-state index in [2.05, 4.69) is 25.6 Å². The van der Waals surface area contributed by atoms with Crippen LogP contribution < -0.4 is 5.32 Å². The molecule has 2 aromatic heterocycles. The van der Waals surface area contributed by atoms with Crippen molar-refractivity contribution in [1.29, 1.82) is 0 Å². The number of carbonyl (C=O) groups excluding carboxylic acids is 1. The number of hydrogen-bond acceptors (Lipinski definition) is 6. The van der Waals surface area contributed by atoms with Gasteiger partial charge < -0.3 is 10.1 Å². The molecule has 0 aliphatic carbocycles. The van der Waals surface area contributed by atoms with Crippen LogP contribution in [0.15, 0.2) is 30.6 Å². The largest absolute Gasteiger partial charge is 0.378 e. The molecule has 10 heteroatoms. The zero-order valence-electron chi connectivity index (χ0n) is 13.9. The minimum Gasteiger partial charge on any atom is -0.378 e. The summed E-state index contributed by atoms with van der Waals surface area (Å²) in [6.07, 6.45) is 1.33. The molecule has 0 aliphatic rings. The van der Waals surface area contributed by atoms with E-state index < -0.39 is 11.7 Å². The number of carbonyl (C=O) groups is 1. The van der Waals surface area contributed by atoms with Gasteiger partial charge in [0, 0.05) is 13.2 Å². The van der Waals surface area contributed by atoms with Crippen LogP contribution in [0.1, 0.15) is 21.9 Å². The van der Waals surface area contributed by atoms with Crippen LogP contribution in [0, 0.1) is 12.7 Å². The van der Waals surface area contributed by atoms with Gasteiger partial charge in [0.1, 0.15) is 18.0 Å². The minimum absolute atomic E-state index is 0.0462. The zero-order chi connectivity index (χ0) is 18.7. The fourth-order valence-electron chi connectivity index (χ4n) is 2.27. The van der Waals surface area contributed by atoms with E-state index in [0.29, 0.717) is 29.5 Å². The van der Waals surface area contributed by atoms with Crippen LogP contribution >= 0.6 is 11.6 Å². The number of amides is 1. The van der Waals surface area contributed by atoms with Gasteiger partial charge in [-0.2, -0.15) is 0 Å². The summed E-state index contributed by atoms with van der Waals surface area (Å²) in [5.74, 6) is -0.707. The monoisotopic (exact) mass is 376 g/mol. The van der Waals surface area contributed by atoms with E-state index in [1.807, 2.05) is 0 Å². The number of rotatable bonds is 5. The smallest absolute Gasteiger partial charge is 0.279 e. The lowest BCUT2D eigenvalue weighted by molar-refractivity contribution is 0.102. The molecule has 1 N–H and O–H groups in total. The number of ether oxygens (including phenoxy) is 1. The first-order chi connectivity index (χ1) is 12.5. The summed E-state index contributed by atoms with van der Waals surface area (Å²) in [6.45, 7) is 1.97. The fraction of sp³-hybridized carbons (Fsp3) is 0.188. The number of nitrogens with zero attached hydrogens (tertiary/aromatic N) is 5. The van der Waals surface area contributed by atoms with Crippen LogP contribution in [0.4, 0.5) is 10.2 Å². The van der Waals surface area contributed by atoms with E-state index >= 15 is 0 Å². The van der Waals surface area contributed by atoms with E-state index in [-0.39, 0.29) is 10.7 Å². The minimum atomic E-state index is -0.540. The highest BCUT2D eigenvalue weighted by Gasteiger charge is 2.18. The van der Waals surface area contributed by atoms with Gasteiger partial charge >= 0.3 is 0 Å². The highest BCUT2D eigenvalue weighted by molar-refractivity contribution is 6.30. The Morgan fingerprint density at radius 3 is 2.88 bits per heavy atom. The Kier molecular flexibility index (Phi) is 5.19. The summed E-state index contributed by atoms with van der Waals surface area (Å²) in [7, 11) is 1.55. The second-order valence-electron chi connectivity index (χ2n) is 5.32. The molecule has 8 nitrogen and oxygen atoms in total. The number of halogens is 2. The van der Waals surface area contributed by atoms with Crippen LogP contribution in [0.25, 0.3) is 5.69 Å². The van der Waals surface area contributed by atoms with Gasteiger partial charge in [0.15, 0.2) is 5.69 Å². The van der Waals surface area contributed by atoms with Crippen LogP contribution in [0.2, 0.25) is 5.02 Å². The molecule has 0 saturated carbocycles. The van der Waals surface area contributed by atoms with Crippen molar-refractivity contribution in [2.45, 2.75) is 13.5 Å². The first-order valence-electron chi connectivity index (χ1n) is 7.48. The van der Waals surface area contributed by atoms with Crippen molar-refractivity contribution in [2.24, 2.45) is 0 Å². The summed E-state index contributed by atoms with van der Waals surface area (Å²) >= 11 is 5.79. The van der Waals surface area contributed by atoms with Crippen molar-refractivity contribution in [1.82, 2.24) is 25.0 Å². The lowest BCUT2D eigenvalue weighted by Crippen LogP contribution is -2.15. The molecular weight excluding hydrogens is 363 g/mol. The van der Waals surface area contributed by atoms with Crippen molar-refractivity contribution in [3.63, 3.8) is 0 Å². The number of anilines is 1. The van der Waals surface area contributed by atoms with Crippen LogP contribution in [-0.2, 0) is 11.3 Å². The molecular formula is C16H14ClFN6O2. The van der Waals surface area contributed by atoms with Crippen LogP contribution in [0.5, 0.6) is 0 Å². The summed E-state index contributed by atoms with van der Waals surface area (Å²) < 4.78 is 19.7. The van der Waals surface area contributed by atoms with Crippen molar-refractivity contribution < 1.29 is 13.9 Å². The van der Waals surface area contributed by atoms with E-state index in [1.165, 1.54) is 29.2 Å². The molecule has 0 fully saturated rings. The average Bonchev–Trinajstić information content (AvgIpc) is 3.00. The molecule has 0 unspecified atom stereocenters. The van der Waals surface area contributed by atoms with E-state index in [0.717, 1.165) is 0 Å². The van der Waals surface area contributed by atoms with Gasteiger partial charge in [-0.3, -0.25) is 4.79 Å². The molecule has 0 saturated heterocycles. The average molecular weight is 377 g/mol. The normalized spacial score (nSPS) is 10.8. The second kappa shape index (κ2) is 7.54. The number of nitrogens with one attached hydrogen (secondary N) is 1. The third-order valence-electron chi connectivity index (χ3n) is 3.51. The van der Waals surface area contributed by atoms with Gasteiger partial charge in [0.2, 0.25) is 0 Å². The van der Waals surface area contributed by atoms with Crippen molar-refractivity contribution >= 4 is 23.3 Å². The Bertz CT molecular complexity index is 962. The van der Waals surface area contributed by atoms with E-state index in [9.17, 15) is 9.18 Å². The van der Waals surface area contributed by atoms with Crippen LogP contribution in [0.3, 0.4) is 0 Å². The van der Waals surface area contributed by atoms with Gasteiger partial charge in [-0.15, -0.1) is 5.10 Å². The number of methoxy groups -OCH3 is 1. The van der Waals surface area contributed by atoms with E-state index in [1.54, 1.807) is 20.1 Å². The van der Waals surface area contributed by atoms with Gasteiger partial charge in [-0.1, -0.05) is 16.8 Å². The molecule has 1 amide bonds. The molecule has 2 heterocycles. The lowest BCUT2D eigenvalue weighted by Gasteiger charge is -2.06. The zero-order valence-corrected chi connectivity index (χ0v) is 14.7.